The second-order valence-electron chi connectivity index (χ2n) is 7.76. The van der Waals surface area contributed by atoms with Crippen LogP contribution < -0.4 is 4.90 Å². The van der Waals surface area contributed by atoms with Crippen LogP contribution in [0.25, 0.3) is 10.9 Å². The number of hydrogen-bond acceptors (Lipinski definition) is 6. The fraction of sp³-hybridized carbons (Fsp3) is 0.579. The lowest BCUT2D eigenvalue weighted by Crippen LogP contribution is -2.25. The summed E-state index contributed by atoms with van der Waals surface area (Å²) < 4.78 is 39.6. The first-order valence-corrected chi connectivity index (χ1v) is 10.0. The molecule has 2 aliphatic rings. The molecule has 2 aliphatic heterocycles. The van der Waals surface area contributed by atoms with Crippen LogP contribution in [0.1, 0.15) is 38.8 Å². The van der Waals surface area contributed by atoms with E-state index < -0.39 is 12.1 Å². The summed E-state index contributed by atoms with van der Waals surface area (Å²) in [6, 6.07) is 4.28. The highest BCUT2D eigenvalue weighted by atomic mass is 35.5. The number of carboxylic acid groups (broad SMARTS) is 1. The molecule has 0 saturated carbocycles. The average molecular weight is 460 g/mol. The van der Waals surface area contributed by atoms with Gasteiger partial charge in [0.2, 0.25) is 0 Å². The monoisotopic (exact) mass is 459 g/mol. The van der Waals surface area contributed by atoms with Crippen LogP contribution in [-0.4, -0.2) is 51.7 Å². The van der Waals surface area contributed by atoms with Crippen LogP contribution >= 0.6 is 11.6 Å². The minimum Gasteiger partial charge on any atom is -0.475 e. The van der Waals surface area contributed by atoms with Crippen LogP contribution in [0, 0.1) is 16.7 Å². The van der Waals surface area contributed by atoms with Gasteiger partial charge in [0.1, 0.15) is 5.15 Å². The second-order valence-corrected chi connectivity index (χ2v) is 8.15. The van der Waals surface area contributed by atoms with Crippen LogP contribution in [0.5, 0.6) is 0 Å². The van der Waals surface area contributed by atoms with Crippen LogP contribution in [0.2, 0.25) is 5.15 Å². The first-order chi connectivity index (χ1) is 14.5. The Balaban J connectivity index is 0.000000339. The van der Waals surface area contributed by atoms with Crippen molar-refractivity contribution in [3.63, 3.8) is 0 Å². The molecule has 12 heteroatoms. The molecule has 0 bridgehead atoms. The topological polar surface area (TPSA) is 104 Å². The highest BCUT2D eigenvalue weighted by Gasteiger charge is 2.38. The molecule has 2 fully saturated rings. The van der Waals surface area contributed by atoms with E-state index in [1.807, 2.05) is 17.7 Å². The molecule has 0 radical (unpaired) electrons. The van der Waals surface area contributed by atoms with Crippen molar-refractivity contribution >= 4 is 34.3 Å². The molecule has 4 rings (SSSR count). The van der Waals surface area contributed by atoms with Gasteiger partial charge in [-0.05, 0) is 32.6 Å². The van der Waals surface area contributed by atoms with Crippen molar-refractivity contribution in [3.05, 3.63) is 17.4 Å². The summed E-state index contributed by atoms with van der Waals surface area (Å²) in [5.41, 5.74) is 0.625. The van der Waals surface area contributed by atoms with Gasteiger partial charge in [-0.3, -0.25) is 0 Å². The van der Waals surface area contributed by atoms with Gasteiger partial charge in [-0.15, -0.1) is 0 Å². The van der Waals surface area contributed by atoms with E-state index in [0.29, 0.717) is 11.7 Å². The number of nitriles is 1. The van der Waals surface area contributed by atoms with E-state index >= 15 is 0 Å². The number of nitrogens with zero attached hydrogens (tertiary/aromatic N) is 5. The largest absolute Gasteiger partial charge is 0.490 e. The summed E-state index contributed by atoms with van der Waals surface area (Å²) in [7, 11) is 0. The molecular weight excluding hydrogens is 439 g/mol. The Kier molecular flexibility index (Phi) is 6.62. The Morgan fingerprint density at radius 1 is 1.45 bits per heavy atom. The van der Waals surface area contributed by atoms with E-state index in [1.54, 1.807) is 6.20 Å². The van der Waals surface area contributed by atoms with E-state index in [-0.39, 0.29) is 11.6 Å². The second kappa shape index (κ2) is 8.88. The Morgan fingerprint density at radius 2 is 2.16 bits per heavy atom. The van der Waals surface area contributed by atoms with E-state index in [4.69, 9.17) is 31.3 Å². The molecule has 2 saturated heterocycles. The zero-order valence-electron chi connectivity index (χ0n) is 16.7. The van der Waals surface area contributed by atoms with E-state index in [9.17, 15) is 18.4 Å². The molecule has 2 aromatic heterocycles. The fourth-order valence-corrected chi connectivity index (χ4v) is 3.75. The number of carbonyl (C=O) groups is 1. The zero-order chi connectivity index (χ0) is 22.8. The molecule has 4 heterocycles. The average Bonchev–Trinajstić information content (AvgIpc) is 3.29. The normalized spacial score (nSPS) is 23.9. The van der Waals surface area contributed by atoms with Crippen molar-refractivity contribution in [2.75, 3.05) is 24.6 Å². The third-order valence-electron chi connectivity index (χ3n) is 5.25. The lowest BCUT2D eigenvalue weighted by molar-refractivity contribution is -0.192. The quantitative estimate of drug-likeness (QED) is 0.672. The number of carboxylic acids is 1. The molecule has 0 spiro atoms. The maximum Gasteiger partial charge on any atom is 0.490 e. The molecule has 8 nitrogen and oxygen atoms in total. The maximum absolute atomic E-state index is 10.6. The molecule has 0 aliphatic carbocycles. The number of fused-ring (bicyclic) bond motifs is 1. The van der Waals surface area contributed by atoms with Gasteiger partial charge >= 0.3 is 12.1 Å². The van der Waals surface area contributed by atoms with Crippen molar-refractivity contribution in [2.24, 2.45) is 5.41 Å². The summed E-state index contributed by atoms with van der Waals surface area (Å²) in [6.07, 6.45) is 0.665. The number of halogens is 4. The molecule has 2 unspecified atom stereocenters. The highest BCUT2D eigenvalue weighted by Crippen LogP contribution is 2.37. The first kappa shape index (κ1) is 23.1. The summed E-state index contributed by atoms with van der Waals surface area (Å²) in [5, 5.41) is 22.8. The molecule has 0 amide bonds. The lowest BCUT2D eigenvalue weighted by Gasteiger charge is -2.23. The van der Waals surface area contributed by atoms with Gasteiger partial charge in [-0.2, -0.15) is 23.5 Å². The SMILES string of the molecule is CC1(C#N)CCN(c2nn(C3CCCCO3)c3cc(Cl)ncc23)C1.O=C(O)C(F)(F)F. The third kappa shape index (κ3) is 5.19. The molecule has 168 valence electrons. The molecule has 2 atom stereocenters. The number of aromatic nitrogens is 3. The minimum absolute atomic E-state index is 0.0570. The van der Waals surface area contributed by atoms with Crippen molar-refractivity contribution in [1.29, 1.82) is 5.26 Å². The number of anilines is 1. The van der Waals surface area contributed by atoms with Crippen LogP contribution in [0.3, 0.4) is 0 Å². The Hall–Kier alpha value is -2.58. The van der Waals surface area contributed by atoms with Crippen molar-refractivity contribution < 1.29 is 27.8 Å². The smallest absolute Gasteiger partial charge is 0.475 e. The molecule has 31 heavy (non-hydrogen) atoms. The van der Waals surface area contributed by atoms with Gasteiger partial charge < -0.3 is 14.7 Å². The molecule has 0 aromatic carbocycles. The predicted molar refractivity (Wildman–Crippen MR) is 106 cm³/mol. The standard InChI is InChI=1S/C17H20ClN5O.C2HF3O2/c1-17(10-19)5-6-22(11-17)16-12-9-20-14(18)8-13(12)23(21-16)15-4-2-3-7-24-15;3-2(4,5)1(6)7/h8-9,15H,2-7,11H2,1H3;(H,6,7). The van der Waals surface area contributed by atoms with Crippen molar-refractivity contribution in [3.8, 4) is 6.07 Å². The van der Waals surface area contributed by atoms with Crippen molar-refractivity contribution in [1.82, 2.24) is 14.8 Å². The number of rotatable bonds is 2. The summed E-state index contributed by atoms with van der Waals surface area (Å²) >= 11 is 6.12. The van der Waals surface area contributed by atoms with Crippen molar-refractivity contribution in [2.45, 2.75) is 45.0 Å². The van der Waals surface area contributed by atoms with E-state index in [2.05, 4.69) is 16.0 Å². The number of ether oxygens (including phenoxy) is 1. The third-order valence-corrected chi connectivity index (χ3v) is 5.46. The number of alkyl halides is 3. The van der Waals surface area contributed by atoms with Gasteiger partial charge in [0.15, 0.2) is 12.0 Å². The van der Waals surface area contributed by atoms with E-state index in [1.165, 1.54) is 0 Å². The Morgan fingerprint density at radius 3 is 2.71 bits per heavy atom. The Labute approximate surface area is 181 Å². The molecular formula is C19H21ClF3N5O3. The van der Waals surface area contributed by atoms with Gasteiger partial charge in [0.05, 0.1) is 22.4 Å². The number of aliphatic carboxylic acids is 1. The number of pyridine rings is 1. The Bertz CT molecular complexity index is 1000. The van der Waals surface area contributed by atoms with Gasteiger partial charge in [0, 0.05) is 32.0 Å². The van der Waals surface area contributed by atoms with E-state index in [0.717, 1.165) is 55.6 Å². The summed E-state index contributed by atoms with van der Waals surface area (Å²) in [6.45, 7) is 4.27. The van der Waals surface area contributed by atoms with Gasteiger partial charge in [-0.1, -0.05) is 11.6 Å². The number of hydrogen-bond donors (Lipinski definition) is 1. The minimum atomic E-state index is -5.08. The zero-order valence-corrected chi connectivity index (χ0v) is 17.4. The van der Waals surface area contributed by atoms with Crippen LogP contribution in [0.15, 0.2) is 12.3 Å². The van der Waals surface area contributed by atoms with Gasteiger partial charge in [-0.25, -0.2) is 14.5 Å². The first-order valence-electron chi connectivity index (χ1n) is 9.66. The van der Waals surface area contributed by atoms with Crippen LogP contribution in [0.4, 0.5) is 19.0 Å². The fourth-order valence-electron chi connectivity index (χ4n) is 3.59. The van der Waals surface area contributed by atoms with Gasteiger partial charge in [0.25, 0.3) is 0 Å². The predicted octanol–water partition coefficient (Wildman–Crippen LogP) is 4.16. The summed E-state index contributed by atoms with van der Waals surface area (Å²) in [4.78, 5) is 15.3. The maximum atomic E-state index is 10.6. The highest BCUT2D eigenvalue weighted by molar-refractivity contribution is 6.30. The molecule has 1 N–H and O–H groups in total. The summed E-state index contributed by atoms with van der Waals surface area (Å²) in [5.74, 6) is -1.88. The molecule has 2 aromatic rings. The lowest BCUT2D eigenvalue weighted by atomic mass is 9.92. The van der Waals surface area contributed by atoms with Crippen LogP contribution in [-0.2, 0) is 9.53 Å².